The van der Waals surface area contributed by atoms with Crippen molar-refractivity contribution in [2.75, 3.05) is 0 Å². The predicted octanol–water partition coefficient (Wildman–Crippen LogP) is 3.60. The smallest absolute Gasteiger partial charge is 0.358 e. The summed E-state index contributed by atoms with van der Waals surface area (Å²) >= 11 is 5.14. The molecule has 10 heteroatoms. The molecule has 0 fully saturated rings. The quantitative estimate of drug-likeness (QED) is 0.471. The van der Waals surface area contributed by atoms with Gasteiger partial charge in [-0.3, -0.25) is 0 Å². The Labute approximate surface area is 95.2 Å². The van der Waals surface area contributed by atoms with E-state index in [1.807, 2.05) is 0 Å². The molecule has 0 unspecified atom stereocenters. The predicted molar refractivity (Wildman–Crippen MR) is 45.9 cm³/mol. The summed E-state index contributed by atoms with van der Waals surface area (Å²) in [6.07, 6.45) is -8.55. The standard InChI is InChI=1S/C7H2ClF5N2O2/c8-2-1-14-6(15(16)17)4(7(11,12)13)3(2)5(9)10/h1,5H. The van der Waals surface area contributed by atoms with Gasteiger partial charge in [-0.2, -0.15) is 13.2 Å². The van der Waals surface area contributed by atoms with Crippen molar-refractivity contribution < 1.29 is 26.9 Å². The van der Waals surface area contributed by atoms with Gasteiger partial charge >= 0.3 is 12.0 Å². The van der Waals surface area contributed by atoms with E-state index in [9.17, 15) is 32.1 Å². The van der Waals surface area contributed by atoms with Crippen molar-refractivity contribution in [3.63, 3.8) is 0 Å². The van der Waals surface area contributed by atoms with Gasteiger partial charge in [-0.1, -0.05) is 11.6 Å². The normalized spacial score (nSPS) is 11.9. The summed E-state index contributed by atoms with van der Waals surface area (Å²) in [5.41, 5.74) is -3.76. The zero-order valence-corrected chi connectivity index (χ0v) is 8.39. The van der Waals surface area contributed by atoms with Gasteiger partial charge in [-0.05, 0) is 9.91 Å². The molecule has 0 aliphatic heterocycles. The Morgan fingerprint density at radius 2 is 1.94 bits per heavy atom. The van der Waals surface area contributed by atoms with Crippen LogP contribution in [-0.2, 0) is 6.18 Å². The third-order valence-corrected chi connectivity index (χ3v) is 2.03. The minimum absolute atomic E-state index is 0.385. The Hall–Kier alpha value is -1.51. The highest BCUT2D eigenvalue weighted by atomic mass is 35.5. The highest BCUT2D eigenvalue weighted by Crippen LogP contribution is 2.43. The number of nitrogens with zero attached hydrogens (tertiary/aromatic N) is 2. The molecule has 1 aromatic heterocycles. The first-order valence-corrected chi connectivity index (χ1v) is 4.22. The van der Waals surface area contributed by atoms with Crippen LogP contribution in [0, 0.1) is 10.1 Å². The molecular formula is C7H2ClF5N2O2. The first-order valence-electron chi connectivity index (χ1n) is 3.84. The molecule has 94 valence electrons. The molecule has 0 amide bonds. The minimum atomic E-state index is -5.34. The van der Waals surface area contributed by atoms with Gasteiger partial charge < -0.3 is 10.1 Å². The number of pyridine rings is 1. The Morgan fingerprint density at radius 3 is 2.29 bits per heavy atom. The van der Waals surface area contributed by atoms with Crippen LogP contribution in [0.15, 0.2) is 6.20 Å². The molecule has 0 aliphatic carbocycles. The van der Waals surface area contributed by atoms with E-state index < -0.39 is 39.5 Å². The fraction of sp³-hybridized carbons (Fsp3) is 0.286. The topological polar surface area (TPSA) is 56.0 Å². The Morgan fingerprint density at radius 1 is 1.41 bits per heavy atom. The minimum Gasteiger partial charge on any atom is -0.358 e. The molecule has 1 heterocycles. The van der Waals surface area contributed by atoms with Crippen molar-refractivity contribution in [1.29, 1.82) is 0 Å². The van der Waals surface area contributed by atoms with Gasteiger partial charge in [0.15, 0.2) is 11.8 Å². The number of alkyl halides is 5. The summed E-state index contributed by atoms with van der Waals surface area (Å²) in [5, 5.41) is 9.34. The zero-order valence-electron chi connectivity index (χ0n) is 7.63. The first kappa shape index (κ1) is 13.6. The first-order chi connectivity index (χ1) is 7.66. The van der Waals surface area contributed by atoms with Crippen molar-refractivity contribution in [2.24, 2.45) is 0 Å². The van der Waals surface area contributed by atoms with E-state index in [0.717, 1.165) is 0 Å². The lowest BCUT2D eigenvalue weighted by atomic mass is 10.1. The van der Waals surface area contributed by atoms with Crippen LogP contribution >= 0.6 is 11.6 Å². The third kappa shape index (κ3) is 2.60. The average Bonchev–Trinajstić information content (AvgIpc) is 2.14. The van der Waals surface area contributed by atoms with Gasteiger partial charge in [0, 0.05) is 0 Å². The highest BCUT2D eigenvalue weighted by molar-refractivity contribution is 6.31. The fourth-order valence-corrected chi connectivity index (χ4v) is 1.35. The maximum absolute atomic E-state index is 12.5. The van der Waals surface area contributed by atoms with Gasteiger partial charge in [0.25, 0.3) is 6.43 Å². The third-order valence-electron chi connectivity index (χ3n) is 1.73. The Kier molecular flexibility index (Phi) is 3.51. The summed E-state index contributed by atoms with van der Waals surface area (Å²) < 4.78 is 62.3. The Bertz CT molecular complexity index is 462. The van der Waals surface area contributed by atoms with E-state index in [4.69, 9.17) is 11.6 Å². The maximum atomic E-state index is 12.5. The molecule has 0 spiro atoms. The van der Waals surface area contributed by atoms with E-state index in [2.05, 4.69) is 4.98 Å². The van der Waals surface area contributed by atoms with Crippen LogP contribution < -0.4 is 0 Å². The Balaban J connectivity index is 3.68. The number of halogens is 6. The SMILES string of the molecule is O=[N+]([O-])c1ncc(Cl)c(C(F)F)c1C(F)(F)F. The summed E-state index contributed by atoms with van der Waals surface area (Å²) in [5.74, 6) is -1.70. The second kappa shape index (κ2) is 4.40. The molecule has 0 aliphatic rings. The number of aromatic nitrogens is 1. The molecule has 0 bridgehead atoms. The second-order valence-corrected chi connectivity index (χ2v) is 3.18. The number of rotatable bonds is 2. The van der Waals surface area contributed by atoms with Crippen LogP contribution in [0.5, 0.6) is 0 Å². The largest absolute Gasteiger partial charge is 0.425 e. The van der Waals surface area contributed by atoms with Gasteiger partial charge in [0.2, 0.25) is 0 Å². The van der Waals surface area contributed by atoms with E-state index in [-0.39, 0.29) is 0 Å². The lowest BCUT2D eigenvalue weighted by Gasteiger charge is -2.12. The molecule has 0 N–H and O–H groups in total. The highest BCUT2D eigenvalue weighted by Gasteiger charge is 2.45. The monoisotopic (exact) mass is 276 g/mol. The summed E-state index contributed by atoms with van der Waals surface area (Å²) in [4.78, 5) is 11.6. The van der Waals surface area contributed by atoms with Gasteiger partial charge in [0.05, 0.1) is 10.6 Å². The summed E-state index contributed by atoms with van der Waals surface area (Å²) in [6.45, 7) is 0. The van der Waals surface area contributed by atoms with Crippen LogP contribution in [0.2, 0.25) is 5.02 Å². The summed E-state index contributed by atoms with van der Waals surface area (Å²) in [6, 6.07) is 0. The van der Waals surface area contributed by atoms with Crippen LogP contribution in [0.4, 0.5) is 27.8 Å². The van der Waals surface area contributed by atoms with Crippen molar-refractivity contribution in [2.45, 2.75) is 12.6 Å². The van der Waals surface area contributed by atoms with E-state index in [0.29, 0.717) is 6.20 Å². The molecular weight excluding hydrogens is 275 g/mol. The lowest BCUT2D eigenvalue weighted by molar-refractivity contribution is -0.392. The zero-order chi connectivity index (χ0) is 13.4. The van der Waals surface area contributed by atoms with Gasteiger partial charge in [0.1, 0.15) is 0 Å². The fourth-order valence-electron chi connectivity index (χ4n) is 1.12. The molecule has 0 saturated carbocycles. The number of hydrogen-bond acceptors (Lipinski definition) is 3. The van der Waals surface area contributed by atoms with Crippen LogP contribution in [0.25, 0.3) is 0 Å². The van der Waals surface area contributed by atoms with Crippen molar-refractivity contribution >= 4 is 17.4 Å². The molecule has 0 radical (unpaired) electrons. The molecule has 1 rings (SSSR count). The number of hydrogen-bond donors (Lipinski definition) is 0. The van der Waals surface area contributed by atoms with Gasteiger partial charge in [-0.15, -0.1) is 0 Å². The molecule has 0 saturated heterocycles. The van der Waals surface area contributed by atoms with E-state index in [1.165, 1.54) is 0 Å². The van der Waals surface area contributed by atoms with Crippen LogP contribution in [0.3, 0.4) is 0 Å². The molecule has 0 atom stereocenters. The lowest BCUT2D eigenvalue weighted by Crippen LogP contribution is -2.14. The molecule has 1 aromatic rings. The van der Waals surface area contributed by atoms with Crippen LogP contribution in [-0.4, -0.2) is 9.91 Å². The summed E-state index contributed by atoms with van der Waals surface area (Å²) in [7, 11) is 0. The van der Waals surface area contributed by atoms with Crippen molar-refractivity contribution in [3.8, 4) is 0 Å². The van der Waals surface area contributed by atoms with Crippen molar-refractivity contribution in [3.05, 3.63) is 32.5 Å². The molecule has 17 heavy (non-hydrogen) atoms. The van der Waals surface area contributed by atoms with Gasteiger partial charge in [-0.25, -0.2) is 8.78 Å². The number of nitro groups is 1. The van der Waals surface area contributed by atoms with E-state index >= 15 is 0 Å². The maximum Gasteiger partial charge on any atom is 0.425 e. The molecule has 4 nitrogen and oxygen atoms in total. The molecule has 0 aromatic carbocycles. The second-order valence-electron chi connectivity index (χ2n) is 2.77. The van der Waals surface area contributed by atoms with E-state index in [1.54, 1.807) is 0 Å². The van der Waals surface area contributed by atoms with Crippen LogP contribution in [0.1, 0.15) is 17.6 Å². The average molecular weight is 277 g/mol. The van der Waals surface area contributed by atoms with Crippen molar-refractivity contribution in [1.82, 2.24) is 4.98 Å².